The third kappa shape index (κ3) is 6.88. The monoisotopic (exact) mass is 578 g/mol. The van der Waals surface area contributed by atoms with Gasteiger partial charge >= 0.3 is 5.97 Å². The summed E-state index contributed by atoms with van der Waals surface area (Å²) in [4.78, 5) is 15.5. The molecule has 4 rings (SSSR count). The molecule has 1 heterocycles. The van der Waals surface area contributed by atoms with E-state index in [-0.39, 0.29) is 24.3 Å². The summed E-state index contributed by atoms with van der Waals surface area (Å²) >= 11 is 6.26. The molecule has 208 valence electrons. The van der Waals surface area contributed by atoms with Gasteiger partial charge in [-0.2, -0.15) is 4.31 Å². The molecule has 0 spiro atoms. The van der Waals surface area contributed by atoms with Gasteiger partial charge in [-0.15, -0.1) is 0 Å². The van der Waals surface area contributed by atoms with Crippen LogP contribution in [-0.4, -0.2) is 35.3 Å². The Bertz CT molecular complexity index is 1580. The number of nitrogens with zero attached hydrogens (tertiary/aromatic N) is 2. The van der Waals surface area contributed by atoms with Gasteiger partial charge in [-0.1, -0.05) is 66.2 Å². The van der Waals surface area contributed by atoms with Crippen molar-refractivity contribution in [2.24, 2.45) is 0 Å². The molecule has 7 nitrogen and oxygen atoms in total. The second-order valence-corrected chi connectivity index (χ2v) is 11.7. The fraction of sp³-hybridized carbons (Fsp3) is 0.226. The van der Waals surface area contributed by atoms with Gasteiger partial charge in [0.25, 0.3) is 0 Å². The summed E-state index contributed by atoms with van der Waals surface area (Å²) in [5, 5.41) is 9.53. The van der Waals surface area contributed by atoms with Crippen LogP contribution in [0.2, 0.25) is 5.02 Å². The molecule has 4 aromatic rings. The van der Waals surface area contributed by atoms with Crippen LogP contribution in [0.4, 0.5) is 0 Å². The molecule has 0 fully saturated rings. The predicted molar refractivity (Wildman–Crippen MR) is 156 cm³/mol. The lowest BCUT2D eigenvalue weighted by atomic mass is 10.00. The van der Waals surface area contributed by atoms with Gasteiger partial charge in [-0.3, -0.25) is 9.78 Å². The Hall–Kier alpha value is -3.72. The zero-order chi connectivity index (χ0) is 28.7. The summed E-state index contributed by atoms with van der Waals surface area (Å²) in [7, 11) is -4.00. The first-order chi connectivity index (χ1) is 19.2. The van der Waals surface area contributed by atoms with Crippen molar-refractivity contribution in [1.29, 1.82) is 0 Å². The number of carboxylic acid groups (broad SMARTS) is 1. The van der Waals surface area contributed by atoms with Crippen LogP contribution in [0.1, 0.15) is 42.5 Å². The second kappa shape index (κ2) is 13.1. The molecule has 0 saturated carbocycles. The van der Waals surface area contributed by atoms with Crippen LogP contribution < -0.4 is 4.74 Å². The van der Waals surface area contributed by atoms with E-state index in [0.29, 0.717) is 22.9 Å². The van der Waals surface area contributed by atoms with Crippen LogP contribution >= 0.6 is 11.6 Å². The van der Waals surface area contributed by atoms with Crippen LogP contribution in [0.25, 0.3) is 11.1 Å². The SMILES string of the molecule is Cc1c(Cl)cccc1S(=O)(=O)N(CCCC(=O)O)C(C)c1cccc(-c2ccncc2OCc2ccccc2)c1. The van der Waals surface area contributed by atoms with E-state index in [1.165, 1.54) is 10.4 Å². The van der Waals surface area contributed by atoms with E-state index in [2.05, 4.69) is 4.98 Å². The predicted octanol–water partition coefficient (Wildman–Crippen LogP) is 6.91. The van der Waals surface area contributed by atoms with E-state index in [4.69, 9.17) is 16.3 Å². The van der Waals surface area contributed by atoms with Crippen LogP contribution in [-0.2, 0) is 21.4 Å². The first-order valence-corrected chi connectivity index (χ1v) is 14.7. The summed E-state index contributed by atoms with van der Waals surface area (Å²) in [6.45, 7) is 3.88. The van der Waals surface area contributed by atoms with Crippen molar-refractivity contribution in [2.45, 2.75) is 44.2 Å². The Labute approximate surface area is 240 Å². The molecule has 1 aromatic heterocycles. The van der Waals surface area contributed by atoms with E-state index in [1.807, 2.05) is 60.7 Å². The fourth-order valence-corrected chi connectivity index (χ4v) is 6.64. The third-order valence-electron chi connectivity index (χ3n) is 6.71. The molecule has 9 heteroatoms. The Morgan fingerprint density at radius 3 is 2.55 bits per heavy atom. The van der Waals surface area contributed by atoms with Crippen molar-refractivity contribution in [2.75, 3.05) is 6.54 Å². The number of ether oxygens (including phenoxy) is 1. The van der Waals surface area contributed by atoms with Crippen molar-refractivity contribution < 1.29 is 23.1 Å². The van der Waals surface area contributed by atoms with E-state index in [1.54, 1.807) is 38.4 Å². The molecule has 40 heavy (non-hydrogen) atoms. The Morgan fingerprint density at radius 1 is 1.05 bits per heavy atom. The minimum absolute atomic E-state index is 0.0344. The van der Waals surface area contributed by atoms with Gasteiger partial charge in [0.05, 0.1) is 11.1 Å². The van der Waals surface area contributed by atoms with Crippen molar-refractivity contribution in [3.63, 3.8) is 0 Å². The smallest absolute Gasteiger partial charge is 0.303 e. The number of halogens is 1. The van der Waals surface area contributed by atoms with Crippen molar-refractivity contribution >= 4 is 27.6 Å². The van der Waals surface area contributed by atoms with Crippen LogP contribution in [0.15, 0.2) is 96.2 Å². The van der Waals surface area contributed by atoms with Gasteiger partial charge < -0.3 is 9.84 Å². The standard InChI is InChI=1S/C31H31ClN2O5S/c1-22-28(32)13-7-14-30(22)40(37,38)34(18-8-15-31(35)36)23(2)25-11-6-12-26(19-25)27-16-17-33-20-29(27)39-21-24-9-4-3-5-10-24/h3-7,9-14,16-17,19-20,23H,8,15,18,21H2,1-2H3,(H,35,36). The van der Waals surface area contributed by atoms with Crippen LogP contribution in [0, 0.1) is 6.92 Å². The highest BCUT2D eigenvalue weighted by molar-refractivity contribution is 7.89. The number of carbonyl (C=O) groups is 1. The molecule has 0 amide bonds. The molecule has 0 bridgehead atoms. The summed E-state index contributed by atoms with van der Waals surface area (Å²) < 4.78 is 35.3. The van der Waals surface area contributed by atoms with Crippen molar-refractivity contribution in [3.05, 3.63) is 113 Å². The maximum absolute atomic E-state index is 13.9. The maximum atomic E-state index is 13.9. The quantitative estimate of drug-likeness (QED) is 0.196. The lowest BCUT2D eigenvalue weighted by molar-refractivity contribution is -0.137. The fourth-order valence-electron chi connectivity index (χ4n) is 4.50. The third-order valence-corrected chi connectivity index (χ3v) is 9.23. The summed E-state index contributed by atoms with van der Waals surface area (Å²) in [5.74, 6) is -0.372. The first kappa shape index (κ1) is 29.3. The van der Waals surface area contributed by atoms with Crippen molar-refractivity contribution in [3.8, 4) is 16.9 Å². The highest BCUT2D eigenvalue weighted by Gasteiger charge is 2.31. The number of aliphatic carboxylic acids is 1. The van der Waals surface area contributed by atoms with E-state index >= 15 is 0 Å². The molecule has 0 radical (unpaired) electrons. The van der Waals surface area contributed by atoms with E-state index in [9.17, 15) is 18.3 Å². The molecule has 3 aromatic carbocycles. The van der Waals surface area contributed by atoms with Gasteiger partial charge in [-0.05, 0) is 66.8 Å². The highest BCUT2D eigenvalue weighted by Crippen LogP contribution is 2.35. The van der Waals surface area contributed by atoms with Crippen LogP contribution in [0.5, 0.6) is 5.75 Å². The Morgan fingerprint density at radius 2 is 1.80 bits per heavy atom. The summed E-state index contributed by atoms with van der Waals surface area (Å²) in [6, 6.07) is 23.5. The maximum Gasteiger partial charge on any atom is 0.303 e. The minimum Gasteiger partial charge on any atom is -0.487 e. The van der Waals surface area contributed by atoms with Crippen molar-refractivity contribution in [1.82, 2.24) is 9.29 Å². The molecule has 0 aliphatic rings. The molecular weight excluding hydrogens is 548 g/mol. The number of hydrogen-bond donors (Lipinski definition) is 1. The lowest BCUT2D eigenvalue weighted by Crippen LogP contribution is -2.35. The number of sulfonamides is 1. The zero-order valence-corrected chi connectivity index (χ0v) is 23.9. The number of benzene rings is 3. The average molecular weight is 579 g/mol. The Kier molecular flexibility index (Phi) is 9.58. The van der Waals surface area contributed by atoms with Crippen LogP contribution in [0.3, 0.4) is 0 Å². The van der Waals surface area contributed by atoms with Gasteiger partial charge in [-0.25, -0.2) is 8.42 Å². The van der Waals surface area contributed by atoms with Gasteiger partial charge in [0.1, 0.15) is 12.4 Å². The van der Waals surface area contributed by atoms with E-state index in [0.717, 1.165) is 22.3 Å². The lowest BCUT2D eigenvalue weighted by Gasteiger charge is -2.29. The molecule has 1 N–H and O–H groups in total. The van der Waals surface area contributed by atoms with Gasteiger partial charge in [0.15, 0.2) is 0 Å². The second-order valence-electron chi connectivity index (χ2n) is 9.42. The molecule has 0 aliphatic carbocycles. The number of hydrogen-bond acceptors (Lipinski definition) is 5. The molecule has 0 saturated heterocycles. The number of carboxylic acids is 1. The first-order valence-electron chi connectivity index (χ1n) is 12.9. The van der Waals surface area contributed by atoms with Gasteiger partial charge in [0, 0.05) is 35.8 Å². The number of rotatable bonds is 12. The minimum atomic E-state index is -4.00. The van der Waals surface area contributed by atoms with Gasteiger partial charge in [0.2, 0.25) is 10.0 Å². The summed E-state index contributed by atoms with van der Waals surface area (Å²) in [5.41, 5.74) is 3.90. The number of aromatic nitrogens is 1. The highest BCUT2D eigenvalue weighted by atomic mass is 35.5. The summed E-state index contributed by atoms with van der Waals surface area (Å²) in [6.07, 6.45) is 3.37. The average Bonchev–Trinajstić information content (AvgIpc) is 2.96. The number of pyridine rings is 1. The molecular formula is C31H31ClN2O5S. The van der Waals surface area contributed by atoms with E-state index < -0.39 is 22.0 Å². The topological polar surface area (TPSA) is 96.8 Å². The molecule has 1 unspecified atom stereocenters. The Balaban J connectivity index is 1.67. The molecule has 1 atom stereocenters. The molecule has 0 aliphatic heterocycles. The largest absolute Gasteiger partial charge is 0.487 e. The normalized spacial score (nSPS) is 12.3. The zero-order valence-electron chi connectivity index (χ0n) is 22.3.